The highest BCUT2D eigenvalue weighted by Gasteiger charge is 2.26. The van der Waals surface area contributed by atoms with Gasteiger partial charge in [-0.2, -0.15) is 0 Å². The van der Waals surface area contributed by atoms with E-state index >= 15 is 0 Å². The molecule has 0 radical (unpaired) electrons. The van der Waals surface area contributed by atoms with Crippen LogP contribution in [0.3, 0.4) is 0 Å². The van der Waals surface area contributed by atoms with Crippen LogP contribution in [0.4, 0.5) is 0 Å². The summed E-state index contributed by atoms with van der Waals surface area (Å²) in [4.78, 5) is 39.8. The molecule has 0 bridgehead atoms. The summed E-state index contributed by atoms with van der Waals surface area (Å²) in [5, 5.41) is 2.82. The Bertz CT molecular complexity index is 579. The van der Waals surface area contributed by atoms with Crippen molar-refractivity contribution in [3.63, 3.8) is 0 Å². The highest BCUT2D eigenvalue weighted by Crippen LogP contribution is 2.12. The number of carbonyl (C=O) groups excluding carboxylic acids is 2. The number of nitrogens with one attached hydrogen (secondary N) is 2. The number of hydrogen-bond donors (Lipinski definition) is 2. The van der Waals surface area contributed by atoms with Crippen LogP contribution < -0.4 is 10.7 Å². The molecule has 1 aliphatic rings. The molecule has 108 valence electrons. The summed E-state index contributed by atoms with van der Waals surface area (Å²) < 4.78 is 0. The van der Waals surface area contributed by atoms with Gasteiger partial charge in [0.25, 0.3) is 5.91 Å². The third kappa shape index (κ3) is 3.26. The molecule has 0 aromatic carbocycles. The van der Waals surface area contributed by atoms with Gasteiger partial charge >= 0.3 is 0 Å². The van der Waals surface area contributed by atoms with Gasteiger partial charge in [-0.05, 0) is 19.8 Å². The first kappa shape index (κ1) is 14.3. The maximum Gasteiger partial charge on any atom is 0.259 e. The maximum absolute atomic E-state index is 12.4. The lowest BCUT2D eigenvalue weighted by Gasteiger charge is -2.32. The van der Waals surface area contributed by atoms with E-state index in [9.17, 15) is 14.4 Å². The van der Waals surface area contributed by atoms with Crippen LogP contribution in [-0.4, -0.2) is 40.8 Å². The summed E-state index contributed by atoms with van der Waals surface area (Å²) >= 11 is 0. The third-order valence-corrected chi connectivity index (χ3v) is 3.40. The van der Waals surface area contributed by atoms with E-state index in [0.29, 0.717) is 13.1 Å². The lowest BCUT2D eigenvalue weighted by molar-refractivity contribution is -0.120. The molecule has 1 fully saturated rings. The Morgan fingerprint density at radius 3 is 2.85 bits per heavy atom. The van der Waals surface area contributed by atoms with Crippen LogP contribution in [0.25, 0.3) is 0 Å². The first-order chi connectivity index (χ1) is 9.47. The number of H-pyrrole nitrogens is 1. The second-order valence-electron chi connectivity index (χ2n) is 5.18. The number of aryl methyl sites for hydroxylation is 1. The normalized spacial score (nSPS) is 18.7. The minimum atomic E-state index is -0.277. The number of pyridine rings is 1. The number of rotatable bonds is 2. The maximum atomic E-state index is 12.4. The van der Waals surface area contributed by atoms with Gasteiger partial charge in [-0.3, -0.25) is 14.4 Å². The van der Waals surface area contributed by atoms with Crippen molar-refractivity contribution in [2.45, 2.75) is 32.7 Å². The molecule has 2 amide bonds. The standard InChI is InChI=1S/C14H19N3O3/c1-9-6-13(19)12(7-15-9)14(20)17-5-3-4-11(8-17)16-10(2)18/h6-7,11H,3-5,8H2,1-2H3,(H,15,19)(H,16,18). The molecule has 6 heteroatoms. The van der Waals surface area contributed by atoms with Crippen molar-refractivity contribution >= 4 is 11.8 Å². The van der Waals surface area contributed by atoms with Crippen molar-refractivity contribution in [2.24, 2.45) is 0 Å². The molecule has 1 aromatic heterocycles. The van der Waals surface area contributed by atoms with Gasteiger partial charge < -0.3 is 15.2 Å². The number of nitrogens with zero attached hydrogens (tertiary/aromatic N) is 1. The van der Waals surface area contributed by atoms with Crippen LogP contribution in [0.15, 0.2) is 17.1 Å². The van der Waals surface area contributed by atoms with Crippen LogP contribution in [-0.2, 0) is 4.79 Å². The average Bonchev–Trinajstić information content (AvgIpc) is 2.37. The Hall–Kier alpha value is -2.11. The number of piperidine rings is 1. The number of amides is 2. The van der Waals surface area contributed by atoms with Crippen molar-refractivity contribution in [1.82, 2.24) is 15.2 Å². The van der Waals surface area contributed by atoms with Gasteiger partial charge in [0, 0.05) is 44.0 Å². The first-order valence-electron chi connectivity index (χ1n) is 6.73. The van der Waals surface area contributed by atoms with E-state index in [-0.39, 0.29) is 28.8 Å². The minimum Gasteiger partial charge on any atom is -0.364 e. The minimum absolute atomic E-state index is 0.0327. The van der Waals surface area contributed by atoms with Gasteiger partial charge in [-0.25, -0.2) is 0 Å². The number of aromatic amines is 1. The summed E-state index contributed by atoms with van der Waals surface area (Å²) in [6, 6.07) is 1.39. The molecule has 0 saturated carbocycles. The predicted molar refractivity (Wildman–Crippen MR) is 74.5 cm³/mol. The van der Waals surface area contributed by atoms with Crippen molar-refractivity contribution in [3.05, 3.63) is 33.7 Å². The number of likely N-dealkylation sites (tertiary alicyclic amines) is 1. The second-order valence-corrected chi connectivity index (χ2v) is 5.18. The van der Waals surface area contributed by atoms with E-state index < -0.39 is 0 Å². The molecule has 1 unspecified atom stereocenters. The molecule has 0 spiro atoms. The van der Waals surface area contributed by atoms with Crippen LogP contribution in [0, 0.1) is 6.92 Å². The highest BCUT2D eigenvalue weighted by atomic mass is 16.2. The molecule has 1 aliphatic heterocycles. The molecule has 1 aromatic rings. The van der Waals surface area contributed by atoms with Gasteiger partial charge in [-0.15, -0.1) is 0 Å². The summed E-state index contributed by atoms with van der Waals surface area (Å²) in [5.41, 5.74) is 0.605. The van der Waals surface area contributed by atoms with Crippen LogP contribution in [0.1, 0.15) is 35.8 Å². The Morgan fingerprint density at radius 1 is 1.45 bits per heavy atom. The fourth-order valence-electron chi connectivity index (χ4n) is 2.48. The number of hydrogen-bond acceptors (Lipinski definition) is 3. The van der Waals surface area contributed by atoms with Crippen LogP contribution >= 0.6 is 0 Å². The van der Waals surface area contributed by atoms with E-state index in [1.54, 1.807) is 11.8 Å². The molecular weight excluding hydrogens is 258 g/mol. The van der Waals surface area contributed by atoms with E-state index in [0.717, 1.165) is 18.5 Å². The Kier molecular flexibility index (Phi) is 4.22. The first-order valence-corrected chi connectivity index (χ1v) is 6.73. The third-order valence-electron chi connectivity index (χ3n) is 3.40. The van der Waals surface area contributed by atoms with Gasteiger partial charge in [0.05, 0.1) is 0 Å². The van der Waals surface area contributed by atoms with E-state index in [1.165, 1.54) is 19.2 Å². The van der Waals surface area contributed by atoms with Gasteiger partial charge in [0.2, 0.25) is 5.91 Å². The monoisotopic (exact) mass is 277 g/mol. The van der Waals surface area contributed by atoms with E-state index in [2.05, 4.69) is 10.3 Å². The van der Waals surface area contributed by atoms with Crippen molar-refractivity contribution < 1.29 is 9.59 Å². The topological polar surface area (TPSA) is 82.3 Å². The molecule has 1 atom stereocenters. The summed E-state index contributed by atoms with van der Waals surface area (Å²) in [5.74, 6) is -0.376. The Labute approximate surface area is 117 Å². The fraction of sp³-hybridized carbons (Fsp3) is 0.500. The fourth-order valence-corrected chi connectivity index (χ4v) is 2.48. The largest absolute Gasteiger partial charge is 0.364 e. The molecule has 1 saturated heterocycles. The van der Waals surface area contributed by atoms with E-state index in [4.69, 9.17) is 0 Å². The molecular formula is C14H19N3O3. The molecule has 6 nitrogen and oxygen atoms in total. The van der Waals surface area contributed by atoms with Crippen molar-refractivity contribution in [3.8, 4) is 0 Å². The summed E-state index contributed by atoms with van der Waals surface area (Å²) in [6.45, 7) is 4.29. The zero-order valence-corrected chi connectivity index (χ0v) is 11.7. The smallest absolute Gasteiger partial charge is 0.259 e. The van der Waals surface area contributed by atoms with Crippen LogP contribution in [0.2, 0.25) is 0 Å². The zero-order chi connectivity index (χ0) is 14.7. The SMILES string of the molecule is CC(=O)NC1CCCN(C(=O)c2c[nH]c(C)cc2=O)C1. The molecule has 2 heterocycles. The molecule has 2 N–H and O–H groups in total. The Balaban J connectivity index is 2.12. The van der Waals surface area contributed by atoms with Crippen molar-refractivity contribution in [2.75, 3.05) is 13.1 Å². The lowest BCUT2D eigenvalue weighted by atomic mass is 10.0. The van der Waals surface area contributed by atoms with Gasteiger partial charge in [-0.1, -0.05) is 0 Å². The highest BCUT2D eigenvalue weighted by molar-refractivity contribution is 5.94. The van der Waals surface area contributed by atoms with E-state index in [1.807, 2.05) is 0 Å². The predicted octanol–water partition coefficient (Wildman–Crippen LogP) is 0.424. The van der Waals surface area contributed by atoms with Gasteiger partial charge in [0.15, 0.2) is 5.43 Å². The second kappa shape index (κ2) is 5.90. The quantitative estimate of drug-likeness (QED) is 0.822. The molecule has 2 rings (SSSR count). The van der Waals surface area contributed by atoms with Gasteiger partial charge in [0.1, 0.15) is 5.56 Å². The molecule has 0 aliphatic carbocycles. The number of carbonyl (C=O) groups is 2. The zero-order valence-electron chi connectivity index (χ0n) is 11.7. The number of aromatic nitrogens is 1. The molecule has 20 heavy (non-hydrogen) atoms. The lowest BCUT2D eigenvalue weighted by Crippen LogP contribution is -2.49. The van der Waals surface area contributed by atoms with Crippen LogP contribution in [0.5, 0.6) is 0 Å². The summed E-state index contributed by atoms with van der Waals surface area (Å²) in [7, 11) is 0. The Morgan fingerprint density at radius 2 is 2.20 bits per heavy atom. The van der Waals surface area contributed by atoms with Crippen molar-refractivity contribution in [1.29, 1.82) is 0 Å². The summed E-state index contributed by atoms with van der Waals surface area (Å²) in [6.07, 6.45) is 3.14. The average molecular weight is 277 g/mol.